The fourth-order valence-electron chi connectivity index (χ4n) is 4.01. The molecule has 0 spiro atoms. The number of carbonyl (C=O) groups is 2. The molecule has 0 bridgehead atoms. The van der Waals surface area contributed by atoms with Gasteiger partial charge in [-0.3, -0.25) is 19.7 Å². The molecular weight excluding hydrogens is 396 g/mol. The maximum absolute atomic E-state index is 11.8. The first kappa shape index (κ1) is 20.9. The highest BCUT2D eigenvalue weighted by Crippen LogP contribution is 2.27. The van der Waals surface area contributed by atoms with Gasteiger partial charge in [0.1, 0.15) is 5.75 Å². The minimum atomic E-state index is -0.533. The number of hydrogen-bond acceptors (Lipinski definition) is 5. The van der Waals surface area contributed by atoms with Crippen LogP contribution in [0.2, 0.25) is 0 Å². The maximum atomic E-state index is 11.8. The number of rotatable bonds is 6. The number of hydroxylamine groups is 1. The second-order valence-electron chi connectivity index (χ2n) is 7.82. The Hall–Kier alpha value is -3.36. The molecule has 2 N–H and O–H groups in total. The first-order chi connectivity index (χ1) is 15.0. The van der Waals surface area contributed by atoms with E-state index < -0.39 is 5.91 Å². The molecule has 1 aliphatic rings. The van der Waals surface area contributed by atoms with Crippen LogP contribution in [0.3, 0.4) is 0 Å². The van der Waals surface area contributed by atoms with Gasteiger partial charge in [0.05, 0.1) is 13.8 Å². The average Bonchev–Trinajstić information content (AvgIpc) is 3.12. The van der Waals surface area contributed by atoms with Gasteiger partial charge in [0.2, 0.25) is 5.91 Å². The fraction of sp³-hybridized carbons (Fsp3) is 0.304. The third kappa shape index (κ3) is 4.40. The summed E-state index contributed by atoms with van der Waals surface area (Å²) in [6.45, 7) is 2.70. The van der Waals surface area contributed by atoms with Gasteiger partial charge in [0, 0.05) is 55.3 Å². The number of amides is 2. The quantitative estimate of drug-likeness (QED) is 0.471. The molecule has 0 saturated carbocycles. The third-order valence-corrected chi connectivity index (χ3v) is 5.72. The number of nitrogens with zero attached hydrogens (tertiary/aromatic N) is 3. The van der Waals surface area contributed by atoms with Crippen molar-refractivity contribution in [2.24, 2.45) is 0 Å². The van der Waals surface area contributed by atoms with Crippen LogP contribution >= 0.6 is 0 Å². The molecule has 3 aromatic rings. The van der Waals surface area contributed by atoms with Gasteiger partial charge in [-0.25, -0.2) is 5.48 Å². The molecule has 1 saturated heterocycles. The van der Waals surface area contributed by atoms with E-state index in [1.165, 1.54) is 0 Å². The molecule has 31 heavy (non-hydrogen) atoms. The van der Waals surface area contributed by atoms with Gasteiger partial charge in [-0.1, -0.05) is 12.1 Å². The Morgan fingerprint density at radius 2 is 1.90 bits per heavy atom. The summed E-state index contributed by atoms with van der Waals surface area (Å²) in [5.74, 6) is 0.446. The van der Waals surface area contributed by atoms with Gasteiger partial charge in [-0.05, 0) is 42.0 Å². The van der Waals surface area contributed by atoms with Crippen molar-refractivity contribution in [3.05, 3.63) is 65.4 Å². The predicted molar refractivity (Wildman–Crippen MR) is 116 cm³/mol. The molecule has 0 radical (unpaired) electrons. The van der Waals surface area contributed by atoms with E-state index in [0.29, 0.717) is 25.2 Å². The minimum absolute atomic E-state index is 0.175. The van der Waals surface area contributed by atoms with Gasteiger partial charge >= 0.3 is 0 Å². The molecule has 0 atom stereocenters. The highest BCUT2D eigenvalue weighted by atomic mass is 16.5. The Morgan fingerprint density at radius 1 is 1.13 bits per heavy atom. The van der Waals surface area contributed by atoms with Crippen molar-refractivity contribution in [3.8, 4) is 5.75 Å². The molecule has 8 heteroatoms. The lowest BCUT2D eigenvalue weighted by molar-refractivity contribution is -0.136. The maximum Gasteiger partial charge on any atom is 0.274 e. The monoisotopic (exact) mass is 422 g/mol. The van der Waals surface area contributed by atoms with Crippen molar-refractivity contribution in [3.63, 3.8) is 0 Å². The van der Waals surface area contributed by atoms with Gasteiger partial charge in [0.25, 0.3) is 5.91 Å². The van der Waals surface area contributed by atoms with Crippen LogP contribution in [0.1, 0.15) is 28.0 Å². The van der Waals surface area contributed by atoms with Crippen LogP contribution in [0.4, 0.5) is 0 Å². The van der Waals surface area contributed by atoms with Crippen molar-refractivity contribution in [1.29, 1.82) is 0 Å². The highest BCUT2D eigenvalue weighted by molar-refractivity contribution is 5.93. The number of ether oxygens (including phenoxy) is 1. The summed E-state index contributed by atoms with van der Waals surface area (Å²) in [7, 11) is 3.49. The SMILES string of the molecule is COc1ccc2c(c1)cc(CN1CCC(=O)N(C)C1)n2Cc1ccc(C(=O)NO)cc1. The third-order valence-electron chi connectivity index (χ3n) is 5.72. The van der Waals surface area contributed by atoms with E-state index in [4.69, 9.17) is 9.94 Å². The Labute approximate surface area is 180 Å². The number of carbonyl (C=O) groups excluding carboxylic acids is 2. The molecule has 4 rings (SSSR count). The number of hydrogen-bond donors (Lipinski definition) is 2. The van der Waals surface area contributed by atoms with E-state index in [-0.39, 0.29) is 5.91 Å². The van der Waals surface area contributed by atoms with E-state index in [2.05, 4.69) is 21.6 Å². The predicted octanol–water partition coefficient (Wildman–Crippen LogP) is 2.44. The number of fused-ring (bicyclic) bond motifs is 1. The Kier molecular flexibility index (Phi) is 5.92. The summed E-state index contributed by atoms with van der Waals surface area (Å²) < 4.78 is 7.65. The zero-order chi connectivity index (χ0) is 22.0. The summed E-state index contributed by atoms with van der Waals surface area (Å²) >= 11 is 0. The standard InChI is InChI=1S/C23H26N4O4/c1-25-15-26(10-9-22(25)28)14-19-11-18-12-20(31-2)7-8-21(18)27(19)13-16-3-5-17(6-4-16)23(29)24-30/h3-8,11-12,30H,9-10,13-15H2,1-2H3,(H,24,29). The number of nitrogens with one attached hydrogen (secondary N) is 1. The lowest BCUT2D eigenvalue weighted by Gasteiger charge is -2.33. The van der Waals surface area contributed by atoms with Gasteiger partial charge < -0.3 is 14.2 Å². The molecule has 162 valence electrons. The van der Waals surface area contributed by atoms with Crippen LogP contribution in [-0.4, -0.2) is 58.8 Å². The highest BCUT2D eigenvalue weighted by Gasteiger charge is 2.22. The molecule has 1 fully saturated rings. The number of methoxy groups -OCH3 is 1. The van der Waals surface area contributed by atoms with E-state index >= 15 is 0 Å². The molecular formula is C23H26N4O4. The normalized spacial score (nSPS) is 14.8. The van der Waals surface area contributed by atoms with E-state index in [9.17, 15) is 9.59 Å². The molecule has 1 aromatic heterocycles. The van der Waals surface area contributed by atoms with Crippen molar-refractivity contribution in [1.82, 2.24) is 19.8 Å². The van der Waals surface area contributed by atoms with Crippen molar-refractivity contribution < 1.29 is 19.5 Å². The van der Waals surface area contributed by atoms with Gasteiger partial charge in [-0.15, -0.1) is 0 Å². The van der Waals surface area contributed by atoms with E-state index in [0.717, 1.165) is 41.0 Å². The first-order valence-corrected chi connectivity index (χ1v) is 10.1. The average molecular weight is 422 g/mol. The van der Waals surface area contributed by atoms with Crippen LogP contribution in [0, 0.1) is 0 Å². The zero-order valence-electron chi connectivity index (χ0n) is 17.7. The van der Waals surface area contributed by atoms with Crippen LogP contribution in [0.5, 0.6) is 5.75 Å². The molecule has 0 aliphatic carbocycles. The Morgan fingerprint density at radius 3 is 2.58 bits per heavy atom. The summed E-state index contributed by atoms with van der Waals surface area (Å²) in [6.07, 6.45) is 0.527. The minimum Gasteiger partial charge on any atom is -0.497 e. The number of benzene rings is 2. The first-order valence-electron chi connectivity index (χ1n) is 10.1. The molecule has 2 heterocycles. The van der Waals surface area contributed by atoms with Crippen molar-refractivity contribution in [2.45, 2.75) is 19.5 Å². The topological polar surface area (TPSA) is 87.0 Å². The Balaban J connectivity index is 1.65. The summed E-state index contributed by atoms with van der Waals surface area (Å²) in [6, 6.07) is 15.4. The molecule has 2 aromatic carbocycles. The summed E-state index contributed by atoms with van der Waals surface area (Å²) in [5.41, 5.74) is 5.32. The molecule has 2 amide bonds. The summed E-state index contributed by atoms with van der Waals surface area (Å²) in [5, 5.41) is 9.90. The van der Waals surface area contributed by atoms with Crippen molar-refractivity contribution in [2.75, 3.05) is 27.4 Å². The van der Waals surface area contributed by atoms with E-state index in [1.807, 2.05) is 31.3 Å². The van der Waals surface area contributed by atoms with Crippen LogP contribution in [-0.2, 0) is 17.9 Å². The lowest BCUT2D eigenvalue weighted by atomic mass is 10.1. The number of aromatic nitrogens is 1. The van der Waals surface area contributed by atoms with Crippen molar-refractivity contribution >= 4 is 22.7 Å². The summed E-state index contributed by atoms with van der Waals surface area (Å²) in [4.78, 5) is 27.5. The van der Waals surface area contributed by atoms with Gasteiger partial charge in [-0.2, -0.15) is 0 Å². The molecule has 8 nitrogen and oxygen atoms in total. The van der Waals surface area contributed by atoms with Gasteiger partial charge in [0.15, 0.2) is 0 Å². The smallest absolute Gasteiger partial charge is 0.274 e. The van der Waals surface area contributed by atoms with Crippen LogP contribution in [0.15, 0.2) is 48.5 Å². The van der Waals surface area contributed by atoms with Crippen LogP contribution in [0.25, 0.3) is 10.9 Å². The zero-order valence-corrected chi connectivity index (χ0v) is 17.7. The Bertz CT molecular complexity index is 1110. The fourth-order valence-corrected chi connectivity index (χ4v) is 4.01. The van der Waals surface area contributed by atoms with Crippen LogP contribution < -0.4 is 10.2 Å². The largest absolute Gasteiger partial charge is 0.497 e. The van der Waals surface area contributed by atoms with E-state index in [1.54, 1.807) is 29.6 Å². The molecule has 1 aliphatic heterocycles. The second kappa shape index (κ2) is 8.79. The molecule has 0 unspecified atom stereocenters. The lowest BCUT2D eigenvalue weighted by Crippen LogP contribution is -2.45. The second-order valence-corrected chi connectivity index (χ2v) is 7.82.